The smallest absolute Gasteiger partial charge is 0.375 e. The van der Waals surface area contributed by atoms with Gasteiger partial charge in [-0.2, -0.15) is 0 Å². The van der Waals surface area contributed by atoms with E-state index in [4.69, 9.17) is 13.9 Å². The molecule has 6 heteroatoms. The van der Waals surface area contributed by atoms with Crippen molar-refractivity contribution in [3.05, 3.63) is 59.9 Å². The second-order valence-electron chi connectivity index (χ2n) is 5.82. The molecular weight excluding hydrogens is 334 g/mol. The molecule has 26 heavy (non-hydrogen) atoms. The van der Waals surface area contributed by atoms with Gasteiger partial charge in [0.15, 0.2) is 6.10 Å². The number of carbonyl (C=O) groups is 2. The van der Waals surface area contributed by atoms with Gasteiger partial charge in [-0.05, 0) is 32.0 Å². The largest absolute Gasteiger partial charge is 0.497 e. The molecule has 0 spiro atoms. The summed E-state index contributed by atoms with van der Waals surface area (Å²) in [4.78, 5) is 24.7. The van der Waals surface area contributed by atoms with Crippen molar-refractivity contribution in [2.75, 3.05) is 12.4 Å². The van der Waals surface area contributed by atoms with Gasteiger partial charge < -0.3 is 19.2 Å². The molecule has 0 aliphatic heterocycles. The van der Waals surface area contributed by atoms with E-state index in [0.29, 0.717) is 22.6 Å². The average molecular weight is 353 g/mol. The summed E-state index contributed by atoms with van der Waals surface area (Å²) in [5.74, 6) is -0.398. The van der Waals surface area contributed by atoms with E-state index < -0.39 is 18.0 Å². The number of esters is 1. The number of furan rings is 1. The van der Waals surface area contributed by atoms with Gasteiger partial charge in [0.2, 0.25) is 5.76 Å². The summed E-state index contributed by atoms with van der Waals surface area (Å²) in [6.45, 7) is 3.29. The van der Waals surface area contributed by atoms with Gasteiger partial charge in [-0.1, -0.05) is 24.3 Å². The number of para-hydroxylation sites is 1. The van der Waals surface area contributed by atoms with Gasteiger partial charge in [0.25, 0.3) is 5.91 Å². The van der Waals surface area contributed by atoms with Crippen LogP contribution in [0.3, 0.4) is 0 Å². The minimum atomic E-state index is -0.985. The van der Waals surface area contributed by atoms with Gasteiger partial charge >= 0.3 is 5.97 Å². The fraction of sp³-hybridized carbons (Fsp3) is 0.200. The number of methoxy groups -OCH3 is 1. The fourth-order valence-electron chi connectivity index (χ4n) is 2.58. The summed E-state index contributed by atoms with van der Waals surface area (Å²) < 4.78 is 15.9. The molecule has 1 N–H and O–H groups in total. The summed E-state index contributed by atoms with van der Waals surface area (Å²) >= 11 is 0. The standard InChI is InChI=1S/C20H19NO5/c1-12-16-9-4-5-10-17(16)26-18(12)20(23)25-13(2)19(22)21-14-7-6-8-15(11-14)24-3/h4-11,13H,1-3H3,(H,21,22)/t13-/m0/s1. The lowest BCUT2D eigenvalue weighted by molar-refractivity contribution is -0.123. The van der Waals surface area contributed by atoms with E-state index in [-0.39, 0.29) is 5.76 Å². The monoisotopic (exact) mass is 353 g/mol. The van der Waals surface area contributed by atoms with Crippen molar-refractivity contribution in [3.63, 3.8) is 0 Å². The number of carbonyl (C=O) groups excluding carboxylic acids is 2. The Bertz CT molecular complexity index is 960. The molecule has 1 heterocycles. The molecule has 0 unspecified atom stereocenters. The summed E-state index contributed by atoms with van der Waals surface area (Å²) in [5, 5.41) is 3.53. The molecule has 0 saturated heterocycles. The Morgan fingerprint density at radius 1 is 1.12 bits per heavy atom. The lowest BCUT2D eigenvalue weighted by Crippen LogP contribution is -2.30. The summed E-state index contributed by atoms with van der Waals surface area (Å²) in [5.41, 5.74) is 1.84. The van der Waals surface area contributed by atoms with Crippen molar-refractivity contribution < 1.29 is 23.5 Å². The topological polar surface area (TPSA) is 77.8 Å². The van der Waals surface area contributed by atoms with Crippen molar-refractivity contribution >= 4 is 28.5 Å². The number of hydrogen-bond acceptors (Lipinski definition) is 5. The maximum absolute atomic E-state index is 12.4. The highest BCUT2D eigenvalue weighted by atomic mass is 16.6. The van der Waals surface area contributed by atoms with Crippen molar-refractivity contribution in [1.82, 2.24) is 0 Å². The van der Waals surface area contributed by atoms with Crippen molar-refractivity contribution in [2.24, 2.45) is 0 Å². The van der Waals surface area contributed by atoms with Crippen LogP contribution in [0.2, 0.25) is 0 Å². The Hall–Kier alpha value is -3.28. The second kappa shape index (κ2) is 7.31. The van der Waals surface area contributed by atoms with Gasteiger partial charge in [-0.15, -0.1) is 0 Å². The molecule has 0 fully saturated rings. The SMILES string of the molecule is COc1cccc(NC(=O)[C@H](C)OC(=O)c2oc3ccccc3c2C)c1. The van der Waals surface area contributed by atoms with E-state index >= 15 is 0 Å². The quantitative estimate of drug-likeness (QED) is 0.703. The molecule has 2 aromatic carbocycles. The normalized spacial score (nSPS) is 11.8. The molecule has 0 aliphatic carbocycles. The van der Waals surface area contributed by atoms with Crippen LogP contribution in [-0.4, -0.2) is 25.1 Å². The molecule has 1 atom stereocenters. The van der Waals surface area contributed by atoms with Crippen molar-refractivity contribution in [1.29, 1.82) is 0 Å². The third-order valence-electron chi connectivity index (χ3n) is 4.02. The van der Waals surface area contributed by atoms with Crippen LogP contribution in [0.15, 0.2) is 52.9 Å². The molecule has 0 saturated carbocycles. The summed E-state index contributed by atoms with van der Waals surface area (Å²) in [7, 11) is 1.54. The maximum atomic E-state index is 12.4. The summed E-state index contributed by atoms with van der Waals surface area (Å²) in [6, 6.07) is 14.2. The third kappa shape index (κ3) is 3.54. The number of benzene rings is 2. The Morgan fingerprint density at radius 3 is 2.62 bits per heavy atom. The van der Waals surface area contributed by atoms with E-state index in [2.05, 4.69) is 5.32 Å². The number of aryl methyl sites for hydroxylation is 1. The molecule has 3 aromatic rings. The highest BCUT2D eigenvalue weighted by Crippen LogP contribution is 2.25. The molecule has 6 nitrogen and oxygen atoms in total. The third-order valence-corrected chi connectivity index (χ3v) is 4.02. The van der Waals surface area contributed by atoms with Crippen molar-refractivity contribution in [3.8, 4) is 5.75 Å². The number of fused-ring (bicyclic) bond motifs is 1. The fourth-order valence-corrected chi connectivity index (χ4v) is 2.58. The lowest BCUT2D eigenvalue weighted by Gasteiger charge is -2.13. The van der Waals surface area contributed by atoms with Crippen LogP contribution in [0.25, 0.3) is 11.0 Å². The molecule has 0 radical (unpaired) electrons. The Morgan fingerprint density at radius 2 is 1.88 bits per heavy atom. The van der Waals surface area contributed by atoms with E-state index in [1.807, 2.05) is 18.2 Å². The van der Waals surface area contributed by atoms with E-state index in [9.17, 15) is 9.59 Å². The van der Waals surface area contributed by atoms with Crippen molar-refractivity contribution in [2.45, 2.75) is 20.0 Å². The Labute approximate surface area is 150 Å². The number of hydrogen-bond donors (Lipinski definition) is 1. The molecular formula is C20H19NO5. The van der Waals surface area contributed by atoms with Gasteiger partial charge in [0, 0.05) is 22.7 Å². The minimum absolute atomic E-state index is 0.104. The molecule has 1 aromatic heterocycles. The van der Waals surface area contributed by atoms with Crippen LogP contribution in [-0.2, 0) is 9.53 Å². The first kappa shape index (κ1) is 17.5. The predicted molar refractivity (Wildman–Crippen MR) is 97.5 cm³/mol. The highest BCUT2D eigenvalue weighted by Gasteiger charge is 2.24. The zero-order valence-corrected chi connectivity index (χ0v) is 14.7. The number of rotatable bonds is 5. The molecule has 0 bridgehead atoms. The first-order valence-corrected chi connectivity index (χ1v) is 8.13. The van der Waals surface area contributed by atoms with Crippen LogP contribution < -0.4 is 10.1 Å². The number of anilines is 1. The highest BCUT2D eigenvalue weighted by molar-refractivity contribution is 5.99. The van der Waals surface area contributed by atoms with Gasteiger partial charge in [-0.3, -0.25) is 4.79 Å². The Kier molecular flexibility index (Phi) is 4.93. The number of ether oxygens (including phenoxy) is 2. The van der Waals surface area contributed by atoms with E-state index in [0.717, 1.165) is 5.39 Å². The van der Waals surface area contributed by atoms with E-state index in [1.54, 1.807) is 44.4 Å². The van der Waals surface area contributed by atoms with Gasteiger partial charge in [0.05, 0.1) is 7.11 Å². The average Bonchev–Trinajstić information content (AvgIpc) is 2.99. The van der Waals surface area contributed by atoms with Crippen LogP contribution in [0, 0.1) is 6.92 Å². The molecule has 3 rings (SSSR count). The van der Waals surface area contributed by atoms with Crippen LogP contribution in [0.4, 0.5) is 5.69 Å². The lowest BCUT2D eigenvalue weighted by atomic mass is 10.1. The van der Waals surface area contributed by atoms with Crippen LogP contribution in [0.5, 0.6) is 5.75 Å². The summed E-state index contributed by atoms with van der Waals surface area (Å²) in [6.07, 6.45) is -0.985. The van der Waals surface area contributed by atoms with Crippen LogP contribution in [0.1, 0.15) is 23.0 Å². The number of nitrogens with one attached hydrogen (secondary N) is 1. The first-order valence-electron chi connectivity index (χ1n) is 8.13. The van der Waals surface area contributed by atoms with Gasteiger partial charge in [-0.25, -0.2) is 4.79 Å². The zero-order chi connectivity index (χ0) is 18.7. The second-order valence-corrected chi connectivity index (χ2v) is 5.82. The minimum Gasteiger partial charge on any atom is -0.497 e. The molecule has 1 amide bonds. The maximum Gasteiger partial charge on any atom is 0.375 e. The van der Waals surface area contributed by atoms with E-state index in [1.165, 1.54) is 6.92 Å². The molecule has 134 valence electrons. The Balaban J connectivity index is 1.69. The zero-order valence-electron chi connectivity index (χ0n) is 14.7. The predicted octanol–water partition coefficient (Wildman–Crippen LogP) is 3.93. The first-order chi connectivity index (χ1) is 12.5. The van der Waals surface area contributed by atoms with Gasteiger partial charge in [0.1, 0.15) is 11.3 Å². The molecule has 0 aliphatic rings. The van der Waals surface area contributed by atoms with Crippen LogP contribution >= 0.6 is 0 Å². The number of amides is 1.